The predicted octanol–water partition coefficient (Wildman–Crippen LogP) is 4.19. The van der Waals surface area contributed by atoms with Crippen molar-refractivity contribution in [3.8, 4) is 0 Å². The molecule has 1 aromatic carbocycles. The molecule has 0 amide bonds. The normalized spacial score (nSPS) is 18.4. The van der Waals surface area contributed by atoms with Crippen LogP contribution in [0, 0.1) is 5.41 Å². The monoisotopic (exact) mass is 291 g/mol. The second-order valence-corrected chi connectivity index (χ2v) is 6.41. The van der Waals surface area contributed by atoms with Crippen molar-refractivity contribution >= 4 is 16.7 Å². The van der Waals surface area contributed by atoms with Gasteiger partial charge in [0.25, 0.3) is 6.43 Å². The Kier molecular flexibility index (Phi) is 3.51. The molecule has 1 saturated heterocycles. The molecule has 5 heteroatoms. The van der Waals surface area contributed by atoms with Crippen molar-refractivity contribution in [2.24, 2.45) is 5.41 Å². The summed E-state index contributed by atoms with van der Waals surface area (Å²) in [5.74, 6) is 0.260. The van der Waals surface area contributed by atoms with Gasteiger partial charge in [-0.1, -0.05) is 26.0 Å². The lowest BCUT2D eigenvalue weighted by Crippen LogP contribution is -2.40. The van der Waals surface area contributed by atoms with Crippen molar-refractivity contribution in [1.29, 1.82) is 0 Å². The van der Waals surface area contributed by atoms with Crippen molar-refractivity contribution < 1.29 is 8.78 Å². The molecule has 112 valence electrons. The van der Waals surface area contributed by atoms with Crippen molar-refractivity contribution in [1.82, 2.24) is 9.97 Å². The number of hydrogen-bond acceptors (Lipinski definition) is 3. The molecule has 21 heavy (non-hydrogen) atoms. The first kappa shape index (κ1) is 14.2. The number of aromatic nitrogens is 2. The van der Waals surface area contributed by atoms with Crippen molar-refractivity contribution in [2.45, 2.75) is 33.1 Å². The van der Waals surface area contributed by atoms with Gasteiger partial charge in [0.2, 0.25) is 0 Å². The molecule has 1 aromatic heterocycles. The Bertz CT molecular complexity index is 655. The van der Waals surface area contributed by atoms with E-state index in [1.165, 1.54) is 0 Å². The van der Waals surface area contributed by atoms with E-state index in [4.69, 9.17) is 0 Å². The number of fused-ring (bicyclic) bond motifs is 1. The molecule has 1 aliphatic heterocycles. The van der Waals surface area contributed by atoms with E-state index in [-0.39, 0.29) is 11.2 Å². The summed E-state index contributed by atoms with van der Waals surface area (Å²) in [6, 6.07) is 7.38. The molecule has 2 aromatic rings. The Balaban J connectivity index is 2.11. The van der Waals surface area contributed by atoms with Crippen molar-refractivity contribution in [3.05, 3.63) is 30.1 Å². The zero-order valence-electron chi connectivity index (χ0n) is 12.3. The Labute approximate surface area is 123 Å². The van der Waals surface area contributed by atoms with Gasteiger partial charge in [0.15, 0.2) is 5.82 Å². The second-order valence-electron chi connectivity index (χ2n) is 6.41. The molecular weight excluding hydrogens is 272 g/mol. The topological polar surface area (TPSA) is 29.0 Å². The number of rotatable bonds is 2. The van der Waals surface area contributed by atoms with E-state index in [9.17, 15) is 8.78 Å². The summed E-state index contributed by atoms with van der Waals surface area (Å²) >= 11 is 0. The SMILES string of the molecule is CC1(C)CCCN(c2nc(C(F)F)nc3ccccc23)C1. The van der Waals surface area contributed by atoms with E-state index in [0.717, 1.165) is 31.3 Å². The largest absolute Gasteiger partial charge is 0.355 e. The van der Waals surface area contributed by atoms with Crippen LogP contribution in [-0.4, -0.2) is 23.1 Å². The maximum atomic E-state index is 13.1. The quantitative estimate of drug-likeness (QED) is 0.830. The fourth-order valence-corrected chi connectivity index (χ4v) is 3.02. The summed E-state index contributed by atoms with van der Waals surface area (Å²) < 4.78 is 26.1. The van der Waals surface area contributed by atoms with Gasteiger partial charge in [0.1, 0.15) is 5.82 Å². The zero-order valence-corrected chi connectivity index (χ0v) is 12.3. The van der Waals surface area contributed by atoms with Gasteiger partial charge >= 0.3 is 0 Å². The number of halogens is 2. The van der Waals surface area contributed by atoms with Gasteiger partial charge in [-0.2, -0.15) is 0 Å². The number of nitrogens with zero attached hydrogens (tertiary/aromatic N) is 3. The highest BCUT2D eigenvalue weighted by atomic mass is 19.3. The number of para-hydroxylation sites is 1. The second kappa shape index (κ2) is 5.20. The van der Waals surface area contributed by atoms with Crippen LogP contribution in [0.1, 0.15) is 38.9 Å². The zero-order chi connectivity index (χ0) is 15.0. The molecule has 3 nitrogen and oxygen atoms in total. The average molecular weight is 291 g/mol. The molecular formula is C16H19F2N3. The third-order valence-electron chi connectivity index (χ3n) is 4.00. The minimum Gasteiger partial charge on any atom is -0.355 e. The van der Waals surface area contributed by atoms with Crippen LogP contribution in [-0.2, 0) is 0 Å². The maximum absolute atomic E-state index is 13.1. The molecule has 0 bridgehead atoms. The first-order valence-corrected chi connectivity index (χ1v) is 7.26. The van der Waals surface area contributed by atoms with E-state index in [1.54, 1.807) is 6.07 Å². The molecule has 0 aliphatic carbocycles. The molecule has 0 unspecified atom stereocenters. The highest BCUT2D eigenvalue weighted by Gasteiger charge is 2.29. The highest BCUT2D eigenvalue weighted by Crippen LogP contribution is 2.34. The Morgan fingerprint density at radius 3 is 2.67 bits per heavy atom. The fourth-order valence-electron chi connectivity index (χ4n) is 3.02. The van der Waals surface area contributed by atoms with Gasteiger partial charge in [-0.05, 0) is 30.4 Å². The lowest BCUT2D eigenvalue weighted by atomic mass is 9.84. The van der Waals surface area contributed by atoms with Crippen LogP contribution in [0.5, 0.6) is 0 Å². The molecule has 1 fully saturated rings. The Morgan fingerprint density at radius 1 is 1.19 bits per heavy atom. The summed E-state index contributed by atoms with van der Waals surface area (Å²) in [5.41, 5.74) is 0.760. The molecule has 0 spiro atoms. The smallest absolute Gasteiger partial charge is 0.297 e. The fraction of sp³-hybridized carbons (Fsp3) is 0.500. The van der Waals surface area contributed by atoms with Crippen molar-refractivity contribution in [3.63, 3.8) is 0 Å². The molecule has 3 rings (SSSR count). The standard InChI is InChI=1S/C16H19F2N3/c1-16(2)8-5-9-21(10-16)15-11-6-3-4-7-12(11)19-14(20-15)13(17)18/h3-4,6-7,13H,5,8-10H2,1-2H3. The third kappa shape index (κ3) is 2.82. The first-order valence-electron chi connectivity index (χ1n) is 7.26. The molecule has 0 radical (unpaired) electrons. The van der Waals surface area contributed by atoms with Crippen molar-refractivity contribution in [2.75, 3.05) is 18.0 Å². The average Bonchev–Trinajstić information content (AvgIpc) is 2.45. The summed E-state index contributed by atoms with van der Waals surface area (Å²) in [6.45, 7) is 6.09. The van der Waals surface area contributed by atoms with Crippen LogP contribution in [0.2, 0.25) is 0 Å². The van der Waals surface area contributed by atoms with E-state index in [2.05, 4.69) is 28.7 Å². The number of anilines is 1. The minimum absolute atomic E-state index is 0.176. The number of hydrogen-bond donors (Lipinski definition) is 0. The Morgan fingerprint density at radius 2 is 1.95 bits per heavy atom. The molecule has 0 atom stereocenters. The lowest BCUT2D eigenvalue weighted by Gasteiger charge is -2.39. The van der Waals surface area contributed by atoms with E-state index in [0.29, 0.717) is 11.3 Å². The Hall–Kier alpha value is -1.78. The number of alkyl halides is 2. The van der Waals surface area contributed by atoms with Gasteiger partial charge < -0.3 is 4.90 Å². The lowest BCUT2D eigenvalue weighted by molar-refractivity contribution is 0.141. The van der Waals surface area contributed by atoms with Crippen LogP contribution < -0.4 is 4.90 Å². The minimum atomic E-state index is -2.65. The predicted molar refractivity (Wildman–Crippen MR) is 79.7 cm³/mol. The van der Waals surface area contributed by atoms with Crippen LogP contribution in [0.3, 0.4) is 0 Å². The number of piperidine rings is 1. The summed E-state index contributed by atoms with van der Waals surface area (Å²) in [4.78, 5) is 10.3. The van der Waals surface area contributed by atoms with Crippen LogP contribution >= 0.6 is 0 Å². The number of benzene rings is 1. The van der Waals surface area contributed by atoms with E-state index < -0.39 is 6.43 Å². The van der Waals surface area contributed by atoms with E-state index in [1.807, 2.05) is 18.2 Å². The van der Waals surface area contributed by atoms with Crippen LogP contribution in [0.25, 0.3) is 10.9 Å². The summed E-state index contributed by atoms with van der Waals surface area (Å²) in [6.07, 6.45) is -0.449. The molecule has 1 aliphatic rings. The van der Waals surface area contributed by atoms with Crippen LogP contribution in [0.4, 0.5) is 14.6 Å². The maximum Gasteiger partial charge on any atom is 0.297 e. The summed E-state index contributed by atoms with van der Waals surface area (Å²) in [7, 11) is 0. The van der Waals surface area contributed by atoms with Gasteiger partial charge in [-0.25, -0.2) is 18.7 Å². The van der Waals surface area contributed by atoms with Gasteiger partial charge in [-0.15, -0.1) is 0 Å². The van der Waals surface area contributed by atoms with Gasteiger partial charge in [0.05, 0.1) is 5.52 Å². The van der Waals surface area contributed by atoms with Gasteiger partial charge in [-0.3, -0.25) is 0 Å². The first-order chi connectivity index (χ1) is 9.96. The summed E-state index contributed by atoms with van der Waals surface area (Å²) in [5, 5.41) is 0.847. The highest BCUT2D eigenvalue weighted by molar-refractivity contribution is 5.89. The molecule has 0 saturated carbocycles. The molecule has 0 N–H and O–H groups in total. The molecule has 2 heterocycles. The van der Waals surface area contributed by atoms with E-state index >= 15 is 0 Å². The van der Waals surface area contributed by atoms with Crippen LogP contribution in [0.15, 0.2) is 24.3 Å². The van der Waals surface area contributed by atoms with Gasteiger partial charge in [0, 0.05) is 18.5 Å². The third-order valence-corrected chi connectivity index (χ3v) is 4.00.